The number of nitrogens with zero attached hydrogens (tertiary/aromatic N) is 6. The number of aromatic nitrogens is 6. The second-order valence-electron chi connectivity index (χ2n) is 4.13. The van der Waals surface area contributed by atoms with Crippen molar-refractivity contribution in [3.05, 3.63) is 25.2 Å². The summed E-state index contributed by atoms with van der Waals surface area (Å²) in [6.45, 7) is 1.24. The molecule has 0 bridgehead atoms. The van der Waals surface area contributed by atoms with Crippen molar-refractivity contribution in [1.29, 1.82) is 0 Å². The molecule has 3 aromatic rings. The average Bonchev–Trinajstić information content (AvgIpc) is 3.12. The maximum absolute atomic E-state index is 11.7. The van der Waals surface area contributed by atoms with Crippen molar-refractivity contribution in [2.45, 2.75) is 13.0 Å². The lowest BCUT2D eigenvalue weighted by Gasteiger charge is -2.05. The molecule has 0 spiro atoms. The number of thiazole rings is 1. The molecule has 108 valence electrons. The van der Waals surface area contributed by atoms with Crippen molar-refractivity contribution in [1.82, 2.24) is 35.0 Å². The summed E-state index contributed by atoms with van der Waals surface area (Å²) in [7, 11) is 0. The van der Waals surface area contributed by atoms with Crippen LogP contribution in [0.1, 0.15) is 6.42 Å². The first-order valence-electron chi connectivity index (χ1n) is 6.25. The van der Waals surface area contributed by atoms with Gasteiger partial charge >= 0.3 is 6.03 Å². The number of fused-ring (bicyclic) bond motifs is 1. The molecule has 21 heavy (non-hydrogen) atoms. The highest BCUT2D eigenvalue weighted by Gasteiger charge is 2.07. The zero-order valence-corrected chi connectivity index (χ0v) is 11.7. The van der Waals surface area contributed by atoms with E-state index in [1.807, 2.05) is 0 Å². The summed E-state index contributed by atoms with van der Waals surface area (Å²) < 4.78 is 1.71. The van der Waals surface area contributed by atoms with Crippen LogP contribution in [-0.2, 0) is 6.54 Å². The standard InChI is InChI=1S/C11H12N8OS/c20-10(14-2-1-3-19-7-13-6-16-19)18-11-17-8-4-12-5-15-9(8)21-11/h4-7H,1-3H2,(H2,14,17,18,20). The molecular weight excluding hydrogens is 292 g/mol. The maximum Gasteiger partial charge on any atom is 0.321 e. The van der Waals surface area contributed by atoms with E-state index in [1.54, 1.807) is 17.2 Å². The van der Waals surface area contributed by atoms with Crippen LogP contribution in [0, 0.1) is 0 Å². The summed E-state index contributed by atoms with van der Waals surface area (Å²) in [6.07, 6.45) is 6.95. The van der Waals surface area contributed by atoms with E-state index in [-0.39, 0.29) is 6.03 Å². The number of aryl methyl sites for hydroxylation is 1. The molecule has 3 heterocycles. The summed E-state index contributed by atoms with van der Waals surface area (Å²) in [5.74, 6) is 0. The topological polar surface area (TPSA) is 111 Å². The van der Waals surface area contributed by atoms with Crippen molar-refractivity contribution in [2.75, 3.05) is 11.9 Å². The number of nitrogens with one attached hydrogen (secondary N) is 2. The van der Waals surface area contributed by atoms with Gasteiger partial charge in [-0.05, 0) is 6.42 Å². The maximum atomic E-state index is 11.7. The van der Waals surface area contributed by atoms with E-state index in [0.717, 1.165) is 11.3 Å². The lowest BCUT2D eigenvalue weighted by Crippen LogP contribution is -2.30. The van der Waals surface area contributed by atoms with E-state index in [9.17, 15) is 4.79 Å². The molecule has 3 aromatic heterocycles. The van der Waals surface area contributed by atoms with Crippen molar-refractivity contribution < 1.29 is 4.79 Å². The van der Waals surface area contributed by atoms with E-state index >= 15 is 0 Å². The molecule has 0 atom stereocenters. The molecule has 2 N–H and O–H groups in total. The minimum atomic E-state index is -0.291. The van der Waals surface area contributed by atoms with E-state index < -0.39 is 0 Å². The Kier molecular flexibility index (Phi) is 3.96. The SMILES string of the molecule is O=C(NCCCn1cncn1)Nc1nc2cncnc2s1. The number of anilines is 1. The zero-order chi connectivity index (χ0) is 14.5. The van der Waals surface area contributed by atoms with Crippen LogP contribution >= 0.6 is 11.3 Å². The van der Waals surface area contributed by atoms with Crippen LogP contribution in [0.5, 0.6) is 0 Å². The lowest BCUT2D eigenvalue weighted by molar-refractivity contribution is 0.251. The van der Waals surface area contributed by atoms with Crippen LogP contribution < -0.4 is 10.6 Å². The Morgan fingerprint density at radius 1 is 1.33 bits per heavy atom. The Morgan fingerprint density at radius 2 is 2.29 bits per heavy atom. The molecule has 3 rings (SSSR count). The molecule has 0 aromatic carbocycles. The Labute approximate surface area is 123 Å². The van der Waals surface area contributed by atoms with Crippen molar-refractivity contribution in [2.24, 2.45) is 0 Å². The fourth-order valence-electron chi connectivity index (χ4n) is 1.68. The first-order valence-corrected chi connectivity index (χ1v) is 7.07. The number of carbonyl (C=O) groups is 1. The summed E-state index contributed by atoms with van der Waals surface area (Å²) >= 11 is 1.31. The van der Waals surface area contributed by atoms with Gasteiger partial charge in [-0.15, -0.1) is 0 Å². The minimum absolute atomic E-state index is 0.291. The van der Waals surface area contributed by atoms with E-state index in [4.69, 9.17) is 0 Å². The molecule has 0 saturated heterocycles. The van der Waals surface area contributed by atoms with Gasteiger partial charge in [-0.25, -0.2) is 24.7 Å². The van der Waals surface area contributed by atoms with Crippen LogP contribution in [0.25, 0.3) is 10.3 Å². The fraction of sp³-hybridized carbons (Fsp3) is 0.273. The fourth-order valence-corrected chi connectivity index (χ4v) is 2.45. The molecule has 0 saturated carbocycles. The quantitative estimate of drug-likeness (QED) is 0.677. The highest BCUT2D eigenvalue weighted by molar-refractivity contribution is 7.21. The second kappa shape index (κ2) is 6.22. The number of hydrogen-bond donors (Lipinski definition) is 2. The van der Waals surface area contributed by atoms with Gasteiger partial charge in [-0.2, -0.15) is 5.10 Å². The highest BCUT2D eigenvalue weighted by Crippen LogP contribution is 2.22. The highest BCUT2D eigenvalue weighted by atomic mass is 32.1. The van der Waals surface area contributed by atoms with Gasteiger partial charge in [0.15, 0.2) is 5.13 Å². The number of rotatable bonds is 5. The molecule has 0 unspecified atom stereocenters. The summed E-state index contributed by atoms with van der Waals surface area (Å²) in [4.78, 5) is 28.5. The second-order valence-corrected chi connectivity index (χ2v) is 5.10. The van der Waals surface area contributed by atoms with Gasteiger partial charge in [-0.3, -0.25) is 10.00 Å². The predicted octanol–water partition coefficient (Wildman–Crippen LogP) is 0.890. The number of carbonyl (C=O) groups excluding carboxylic acids is 1. The monoisotopic (exact) mass is 304 g/mol. The van der Waals surface area contributed by atoms with Gasteiger partial charge in [0.25, 0.3) is 0 Å². The third-order valence-corrected chi connectivity index (χ3v) is 3.50. The van der Waals surface area contributed by atoms with Gasteiger partial charge in [0.05, 0.1) is 6.20 Å². The molecule has 0 fully saturated rings. The Bertz CT molecular complexity index is 692. The third kappa shape index (κ3) is 3.48. The molecule has 10 heteroatoms. The molecular formula is C11H12N8OS. The Balaban J connectivity index is 1.45. The molecule has 0 radical (unpaired) electrons. The molecule has 9 nitrogen and oxygen atoms in total. The van der Waals surface area contributed by atoms with Crippen molar-refractivity contribution in [3.8, 4) is 0 Å². The van der Waals surface area contributed by atoms with Gasteiger partial charge in [0.2, 0.25) is 0 Å². The largest absolute Gasteiger partial charge is 0.338 e. The van der Waals surface area contributed by atoms with Crippen LogP contribution in [0.15, 0.2) is 25.2 Å². The van der Waals surface area contributed by atoms with Crippen molar-refractivity contribution >= 4 is 32.8 Å². The lowest BCUT2D eigenvalue weighted by atomic mass is 10.4. The Morgan fingerprint density at radius 3 is 3.10 bits per heavy atom. The van der Waals surface area contributed by atoms with E-state index in [2.05, 4.69) is 35.7 Å². The number of amides is 2. The van der Waals surface area contributed by atoms with Crippen LogP contribution in [0.4, 0.5) is 9.93 Å². The molecule has 0 aliphatic rings. The molecule has 2 amide bonds. The van der Waals surface area contributed by atoms with E-state index in [1.165, 1.54) is 24.0 Å². The summed E-state index contributed by atoms with van der Waals surface area (Å²) in [5, 5.41) is 9.92. The first-order chi connectivity index (χ1) is 10.3. The van der Waals surface area contributed by atoms with Crippen LogP contribution in [0.2, 0.25) is 0 Å². The smallest absolute Gasteiger partial charge is 0.321 e. The van der Waals surface area contributed by atoms with Gasteiger partial charge in [0, 0.05) is 13.1 Å². The number of urea groups is 1. The average molecular weight is 304 g/mol. The minimum Gasteiger partial charge on any atom is -0.338 e. The van der Waals surface area contributed by atoms with Crippen LogP contribution in [0.3, 0.4) is 0 Å². The predicted molar refractivity (Wildman–Crippen MR) is 76.9 cm³/mol. The molecule has 0 aliphatic carbocycles. The zero-order valence-electron chi connectivity index (χ0n) is 10.9. The van der Waals surface area contributed by atoms with Gasteiger partial charge < -0.3 is 5.32 Å². The van der Waals surface area contributed by atoms with E-state index in [0.29, 0.717) is 23.7 Å². The van der Waals surface area contributed by atoms with Gasteiger partial charge in [-0.1, -0.05) is 11.3 Å². The third-order valence-electron chi connectivity index (χ3n) is 2.61. The number of hydrogen-bond acceptors (Lipinski definition) is 7. The summed E-state index contributed by atoms with van der Waals surface area (Å²) in [6, 6.07) is -0.291. The molecule has 0 aliphatic heterocycles. The van der Waals surface area contributed by atoms with Crippen molar-refractivity contribution in [3.63, 3.8) is 0 Å². The Hall–Kier alpha value is -2.62. The van der Waals surface area contributed by atoms with Crippen LogP contribution in [-0.4, -0.2) is 42.3 Å². The normalized spacial score (nSPS) is 10.7. The van der Waals surface area contributed by atoms with Gasteiger partial charge in [0.1, 0.15) is 29.3 Å². The first kappa shape index (κ1) is 13.4. The summed E-state index contributed by atoms with van der Waals surface area (Å²) in [5.41, 5.74) is 0.670.